The third-order valence-electron chi connectivity index (χ3n) is 8.08. The van der Waals surface area contributed by atoms with Crippen LogP contribution in [-0.2, 0) is 28.6 Å². The van der Waals surface area contributed by atoms with Crippen molar-refractivity contribution in [3.05, 3.63) is 24.3 Å². The number of hydrogen-bond acceptors (Lipinski definition) is 6. The van der Waals surface area contributed by atoms with Crippen LogP contribution in [0.2, 0.25) is 0 Å². The van der Waals surface area contributed by atoms with Gasteiger partial charge in [-0.2, -0.15) is 0 Å². The minimum absolute atomic E-state index is 0.0540. The van der Waals surface area contributed by atoms with Gasteiger partial charge in [-0.3, -0.25) is 9.59 Å². The first-order valence-corrected chi connectivity index (χ1v) is 18.4. The van der Waals surface area contributed by atoms with E-state index in [-0.39, 0.29) is 36.2 Å². The summed E-state index contributed by atoms with van der Waals surface area (Å²) in [6.45, 7) is 4.62. The highest BCUT2D eigenvalue weighted by Gasteiger charge is 2.31. The molecule has 0 bridgehead atoms. The number of carbonyl (C=O) groups excluding carboxylic acids is 2. The molecule has 0 heterocycles. The maximum Gasteiger partial charge on any atom is 0.362 e. The molecule has 0 spiro atoms. The maximum atomic E-state index is 12.6. The number of quaternary nitrogens is 1. The van der Waals surface area contributed by atoms with Gasteiger partial charge in [-0.15, -0.1) is 0 Å². The Balaban J connectivity index is 4.46. The second-order valence-corrected chi connectivity index (χ2v) is 13.5. The van der Waals surface area contributed by atoms with Crippen LogP contribution in [0.25, 0.3) is 0 Å². The van der Waals surface area contributed by atoms with Crippen LogP contribution >= 0.6 is 0 Å². The third-order valence-corrected chi connectivity index (χ3v) is 8.08. The molecule has 2 atom stereocenters. The van der Waals surface area contributed by atoms with Crippen LogP contribution in [-0.4, -0.2) is 80.6 Å². The molecular formula is C38H70NO7+. The number of ether oxygens (including phenoxy) is 3. The summed E-state index contributed by atoms with van der Waals surface area (Å²) in [5.74, 6) is -1.49. The Kier molecular flexibility index (Phi) is 28.7. The van der Waals surface area contributed by atoms with E-state index in [1.165, 1.54) is 44.9 Å². The molecule has 268 valence electrons. The molecule has 0 aromatic rings. The van der Waals surface area contributed by atoms with Crippen molar-refractivity contribution in [3.8, 4) is 0 Å². The molecule has 2 unspecified atom stereocenters. The van der Waals surface area contributed by atoms with Crippen LogP contribution in [0.1, 0.15) is 149 Å². The zero-order valence-corrected chi connectivity index (χ0v) is 30.3. The quantitative estimate of drug-likeness (QED) is 0.0335. The Bertz CT molecular complexity index is 818. The lowest BCUT2D eigenvalue weighted by atomic mass is 10.1. The van der Waals surface area contributed by atoms with E-state index < -0.39 is 18.1 Å². The largest absolute Gasteiger partial charge is 0.477 e. The van der Waals surface area contributed by atoms with E-state index >= 15 is 0 Å². The van der Waals surface area contributed by atoms with Gasteiger partial charge in [-0.1, -0.05) is 115 Å². The molecule has 0 fully saturated rings. The highest BCUT2D eigenvalue weighted by Crippen LogP contribution is 2.13. The van der Waals surface area contributed by atoms with E-state index in [2.05, 4.69) is 38.2 Å². The number of likely N-dealkylation sites (N-methyl/N-ethyl adjacent to an activating group) is 1. The molecule has 0 aromatic carbocycles. The summed E-state index contributed by atoms with van der Waals surface area (Å²) in [5, 5.41) is 9.56. The smallest absolute Gasteiger partial charge is 0.362 e. The van der Waals surface area contributed by atoms with Crippen LogP contribution in [0.5, 0.6) is 0 Å². The Hall–Kier alpha value is -2.19. The Labute approximate surface area is 281 Å². The fourth-order valence-electron chi connectivity index (χ4n) is 5.19. The van der Waals surface area contributed by atoms with E-state index in [4.69, 9.17) is 14.2 Å². The van der Waals surface area contributed by atoms with Gasteiger partial charge in [0.2, 0.25) is 0 Å². The normalized spacial score (nSPS) is 13.3. The molecule has 0 aliphatic heterocycles. The zero-order valence-electron chi connectivity index (χ0n) is 30.3. The topological polar surface area (TPSA) is 99.1 Å². The number of nitrogens with zero attached hydrogens (tertiary/aromatic N) is 1. The van der Waals surface area contributed by atoms with Gasteiger partial charge < -0.3 is 23.8 Å². The van der Waals surface area contributed by atoms with Gasteiger partial charge in [0.15, 0.2) is 12.1 Å². The van der Waals surface area contributed by atoms with Crippen molar-refractivity contribution >= 4 is 17.9 Å². The standard InChI is InChI=1S/C38H69NO7/c1-6-8-10-12-14-16-17-18-19-21-23-25-27-29-37(41)46-34(32-44-31-30-35(38(42)43)39(3,4)5)33-45-36(40)28-26-24-22-20-15-13-11-9-7-2/h10,12,16-17,34-35H,6-9,11,13-15,18-33H2,1-5H3/p+1/b12-10-,17-16-. The molecule has 0 rings (SSSR count). The number of hydrogen-bond donors (Lipinski definition) is 1. The van der Waals surface area contributed by atoms with Crippen molar-refractivity contribution in [2.45, 2.75) is 161 Å². The van der Waals surface area contributed by atoms with E-state index in [1.54, 1.807) is 0 Å². The first-order valence-electron chi connectivity index (χ1n) is 18.4. The highest BCUT2D eigenvalue weighted by atomic mass is 16.6. The first kappa shape index (κ1) is 43.8. The molecular weight excluding hydrogens is 582 g/mol. The SMILES string of the molecule is CCC/C=C\C/C=C\CCCCCCCC(=O)OC(COCCC(C(=O)O)[N+](C)(C)C)COC(=O)CCCCCCCCCCC. The molecule has 46 heavy (non-hydrogen) atoms. The Morgan fingerprint density at radius 1 is 0.652 bits per heavy atom. The Morgan fingerprint density at radius 3 is 1.76 bits per heavy atom. The minimum Gasteiger partial charge on any atom is -0.477 e. The summed E-state index contributed by atoms with van der Waals surface area (Å²) in [6.07, 6.45) is 29.3. The van der Waals surface area contributed by atoms with Crippen LogP contribution in [0.3, 0.4) is 0 Å². The van der Waals surface area contributed by atoms with Crippen molar-refractivity contribution in [1.82, 2.24) is 0 Å². The number of rotatable bonds is 32. The molecule has 0 aliphatic carbocycles. The Morgan fingerprint density at radius 2 is 1.20 bits per heavy atom. The molecule has 0 saturated carbocycles. The minimum atomic E-state index is -0.879. The van der Waals surface area contributed by atoms with Crippen molar-refractivity contribution in [1.29, 1.82) is 0 Å². The summed E-state index contributed by atoms with van der Waals surface area (Å²) in [5.41, 5.74) is 0. The molecule has 1 N–H and O–H groups in total. The van der Waals surface area contributed by atoms with E-state index in [1.807, 2.05) is 21.1 Å². The number of carbonyl (C=O) groups is 3. The van der Waals surface area contributed by atoms with Crippen LogP contribution < -0.4 is 0 Å². The van der Waals surface area contributed by atoms with Gasteiger partial charge in [0, 0.05) is 19.3 Å². The van der Waals surface area contributed by atoms with Crippen molar-refractivity contribution in [2.24, 2.45) is 0 Å². The average molecular weight is 653 g/mol. The van der Waals surface area contributed by atoms with Gasteiger partial charge in [0.25, 0.3) is 0 Å². The number of aliphatic carboxylic acids is 1. The van der Waals surface area contributed by atoms with Crippen LogP contribution in [0, 0.1) is 0 Å². The van der Waals surface area contributed by atoms with Crippen LogP contribution in [0.15, 0.2) is 24.3 Å². The predicted octanol–water partition coefficient (Wildman–Crippen LogP) is 8.96. The zero-order chi connectivity index (χ0) is 34.3. The molecule has 0 saturated heterocycles. The van der Waals surface area contributed by atoms with Gasteiger partial charge in [-0.05, 0) is 38.5 Å². The molecule has 0 amide bonds. The predicted molar refractivity (Wildman–Crippen MR) is 188 cm³/mol. The molecule has 0 aromatic heterocycles. The fourth-order valence-corrected chi connectivity index (χ4v) is 5.19. The van der Waals surface area contributed by atoms with Crippen molar-refractivity contribution < 1.29 is 38.2 Å². The summed E-state index contributed by atoms with van der Waals surface area (Å²) in [7, 11) is 5.51. The van der Waals surface area contributed by atoms with Crippen molar-refractivity contribution in [2.75, 3.05) is 41.0 Å². The highest BCUT2D eigenvalue weighted by molar-refractivity contribution is 5.72. The van der Waals surface area contributed by atoms with Gasteiger partial charge in [0.05, 0.1) is 34.4 Å². The number of allylic oxidation sites excluding steroid dienone is 4. The van der Waals surface area contributed by atoms with Crippen molar-refractivity contribution in [3.63, 3.8) is 0 Å². The summed E-state index contributed by atoms with van der Waals surface area (Å²) in [6, 6.07) is -0.612. The lowest BCUT2D eigenvalue weighted by Gasteiger charge is -2.31. The van der Waals surface area contributed by atoms with E-state index in [0.717, 1.165) is 70.6 Å². The summed E-state index contributed by atoms with van der Waals surface area (Å²) < 4.78 is 17.1. The number of unbranched alkanes of at least 4 members (excludes halogenated alkanes) is 14. The summed E-state index contributed by atoms with van der Waals surface area (Å²) in [4.78, 5) is 36.6. The van der Waals surface area contributed by atoms with Crippen LogP contribution in [0.4, 0.5) is 0 Å². The van der Waals surface area contributed by atoms with E-state index in [9.17, 15) is 19.5 Å². The molecule has 8 nitrogen and oxygen atoms in total. The van der Waals surface area contributed by atoms with E-state index in [0.29, 0.717) is 19.3 Å². The molecule has 0 radical (unpaired) electrons. The van der Waals surface area contributed by atoms with Gasteiger partial charge >= 0.3 is 17.9 Å². The number of esters is 2. The maximum absolute atomic E-state index is 12.6. The third kappa shape index (κ3) is 28.1. The lowest BCUT2D eigenvalue weighted by Crippen LogP contribution is -2.50. The first-order chi connectivity index (χ1) is 22.1. The second kappa shape index (κ2) is 30.2. The fraction of sp³-hybridized carbons (Fsp3) is 0.816. The monoisotopic (exact) mass is 653 g/mol. The van der Waals surface area contributed by atoms with Gasteiger partial charge in [0.1, 0.15) is 6.61 Å². The average Bonchev–Trinajstić information content (AvgIpc) is 3.00. The second-order valence-electron chi connectivity index (χ2n) is 13.5. The molecule has 0 aliphatic rings. The summed E-state index contributed by atoms with van der Waals surface area (Å²) >= 11 is 0. The lowest BCUT2D eigenvalue weighted by molar-refractivity contribution is -0.887. The number of carboxylic acids is 1. The molecule has 8 heteroatoms. The number of carboxylic acid groups (broad SMARTS) is 1. The van der Waals surface area contributed by atoms with Gasteiger partial charge in [-0.25, -0.2) is 4.79 Å².